The lowest BCUT2D eigenvalue weighted by Crippen LogP contribution is -2.21. The second kappa shape index (κ2) is 14.2. The fourth-order valence-electron chi connectivity index (χ4n) is 3.68. The Hall–Kier alpha value is -5.11. The Kier molecular flexibility index (Phi) is 9.88. The van der Waals surface area contributed by atoms with Crippen molar-refractivity contribution in [3.8, 4) is 23.0 Å². The summed E-state index contributed by atoms with van der Waals surface area (Å²) in [4.78, 5) is 36.4. The van der Waals surface area contributed by atoms with Crippen molar-refractivity contribution in [2.24, 2.45) is 0 Å². The molecule has 204 valence electrons. The SMILES string of the molecule is Cc1cccc(Oc2ccc(NC(=O)CCCC(=O)OCC(=O)Nc3ccc(Oc4ccccc4)cc3)cc2)c1. The number of nitrogens with one attached hydrogen (secondary N) is 2. The van der Waals surface area contributed by atoms with E-state index in [1.807, 2.05) is 61.5 Å². The molecule has 2 N–H and O–H groups in total. The normalized spacial score (nSPS) is 10.3. The molecule has 2 amide bonds. The molecule has 0 saturated carbocycles. The van der Waals surface area contributed by atoms with E-state index in [9.17, 15) is 14.4 Å². The summed E-state index contributed by atoms with van der Waals surface area (Å²) >= 11 is 0. The summed E-state index contributed by atoms with van der Waals surface area (Å²) in [5.41, 5.74) is 2.28. The van der Waals surface area contributed by atoms with Gasteiger partial charge in [0.15, 0.2) is 6.61 Å². The highest BCUT2D eigenvalue weighted by Gasteiger charge is 2.10. The standard InChI is InChI=1S/C32H30N2O6/c1-23-7-5-10-29(21-23)40-28-19-13-24(14-20-28)33-30(35)11-6-12-32(37)38-22-31(36)34-25-15-17-27(18-16-25)39-26-8-3-2-4-9-26/h2-5,7-10,13-21H,6,11-12,22H2,1H3,(H,33,35)(H,34,36). The Morgan fingerprint density at radius 1 is 0.600 bits per heavy atom. The topological polar surface area (TPSA) is 103 Å². The maximum atomic E-state index is 12.2. The third kappa shape index (κ3) is 9.33. The molecule has 0 heterocycles. The number of esters is 1. The molecular weight excluding hydrogens is 508 g/mol. The quantitative estimate of drug-likeness (QED) is 0.191. The molecule has 4 aromatic rings. The molecule has 0 spiro atoms. The number of benzene rings is 4. The van der Waals surface area contributed by atoms with Crippen LogP contribution in [0.2, 0.25) is 0 Å². The molecule has 8 nitrogen and oxygen atoms in total. The zero-order valence-corrected chi connectivity index (χ0v) is 22.1. The van der Waals surface area contributed by atoms with Gasteiger partial charge in [0.1, 0.15) is 23.0 Å². The summed E-state index contributed by atoms with van der Waals surface area (Å²) in [5.74, 6) is 1.50. The minimum atomic E-state index is -0.549. The van der Waals surface area contributed by atoms with Crippen molar-refractivity contribution in [1.82, 2.24) is 0 Å². The molecule has 4 aromatic carbocycles. The van der Waals surface area contributed by atoms with Gasteiger partial charge >= 0.3 is 5.97 Å². The monoisotopic (exact) mass is 538 g/mol. The molecule has 0 aromatic heterocycles. The van der Waals surface area contributed by atoms with Gasteiger partial charge in [-0.15, -0.1) is 0 Å². The number of carbonyl (C=O) groups is 3. The van der Waals surface area contributed by atoms with E-state index in [0.29, 0.717) is 35.0 Å². The first-order valence-corrected chi connectivity index (χ1v) is 12.9. The molecule has 4 rings (SSSR count). The zero-order chi connectivity index (χ0) is 28.2. The second-order valence-electron chi connectivity index (χ2n) is 8.99. The highest BCUT2D eigenvalue weighted by molar-refractivity contribution is 5.93. The van der Waals surface area contributed by atoms with Gasteiger partial charge in [0.25, 0.3) is 5.91 Å². The average molecular weight is 539 g/mol. The zero-order valence-electron chi connectivity index (χ0n) is 22.1. The molecule has 0 fully saturated rings. The van der Waals surface area contributed by atoms with E-state index in [0.717, 1.165) is 11.3 Å². The lowest BCUT2D eigenvalue weighted by molar-refractivity contribution is -0.147. The molecule has 0 aliphatic rings. The Balaban J connectivity index is 1.10. The highest BCUT2D eigenvalue weighted by Crippen LogP contribution is 2.24. The molecule has 0 aliphatic carbocycles. The third-order valence-electron chi connectivity index (χ3n) is 5.63. The summed E-state index contributed by atoms with van der Waals surface area (Å²) in [5, 5.41) is 5.46. The van der Waals surface area contributed by atoms with E-state index in [4.69, 9.17) is 14.2 Å². The number of hydrogen-bond donors (Lipinski definition) is 2. The Labute approximate surface area is 232 Å². The van der Waals surface area contributed by atoms with Crippen LogP contribution in [-0.2, 0) is 19.1 Å². The molecular formula is C32H30N2O6. The second-order valence-corrected chi connectivity index (χ2v) is 8.99. The summed E-state index contributed by atoms with van der Waals surface area (Å²) < 4.78 is 16.6. The van der Waals surface area contributed by atoms with Crippen molar-refractivity contribution >= 4 is 29.2 Å². The number of amides is 2. The molecule has 0 unspecified atom stereocenters. The van der Waals surface area contributed by atoms with Gasteiger partial charge in [0.2, 0.25) is 5.91 Å². The molecule has 0 bridgehead atoms. The van der Waals surface area contributed by atoms with Crippen LogP contribution in [0.1, 0.15) is 24.8 Å². The van der Waals surface area contributed by atoms with Crippen LogP contribution in [0.25, 0.3) is 0 Å². The largest absolute Gasteiger partial charge is 0.457 e. The minimum Gasteiger partial charge on any atom is -0.457 e. The minimum absolute atomic E-state index is 0.0233. The number of carbonyl (C=O) groups excluding carboxylic acids is 3. The van der Waals surface area contributed by atoms with Crippen molar-refractivity contribution in [3.63, 3.8) is 0 Å². The summed E-state index contributed by atoms with van der Waals surface area (Å²) in [6, 6.07) is 31.0. The summed E-state index contributed by atoms with van der Waals surface area (Å²) in [6.07, 6.45) is 0.458. The molecule has 8 heteroatoms. The van der Waals surface area contributed by atoms with E-state index >= 15 is 0 Å². The van der Waals surface area contributed by atoms with Crippen LogP contribution in [0, 0.1) is 6.92 Å². The van der Waals surface area contributed by atoms with E-state index in [-0.39, 0.29) is 18.7 Å². The maximum Gasteiger partial charge on any atom is 0.306 e. The molecule has 0 atom stereocenters. The number of anilines is 2. The van der Waals surface area contributed by atoms with Crippen LogP contribution in [0.3, 0.4) is 0 Å². The van der Waals surface area contributed by atoms with Crippen molar-refractivity contribution in [2.45, 2.75) is 26.2 Å². The molecule has 40 heavy (non-hydrogen) atoms. The van der Waals surface area contributed by atoms with Crippen LogP contribution in [0.4, 0.5) is 11.4 Å². The van der Waals surface area contributed by atoms with Crippen molar-refractivity contribution in [1.29, 1.82) is 0 Å². The lowest BCUT2D eigenvalue weighted by Gasteiger charge is -2.09. The van der Waals surface area contributed by atoms with E-state index in [1.54, 1.807) is 48.5 Å². The first kappa shape index (κ1) is 27.9. The highest BCUT2D eigenvalue weighted by atomic mass is 16.5. The van der Waals surface area contributed by atoms with Gasteiger partial charge in [-0.05, 0) is 91.7 Å². The Bertz CT molecular complexity index is 1420. The van der Waals surface area contributed by atoms with Crippen LogP contribution < -0.4 is 20.1 Å². The van der Waals surface area contributed by atoms with Gasteiger partial charge in [-0.1, -0.05) is 30.3 Å². The molecule has 0 radical (unpaired) electrons. The smallest absolute Gasteiger partial charge is 0.306 e. The van der Waals surface area contributed by atoms with Crippen molar-refractivity contribution in [2.75, 3.05) is 17.2 Å². The van der Waals surface area contributed by atoms with Gasteiger partial charge < -0.3 is 24.8 Å². The Morgan fingerprint density at radius 2 is 1.15 bits per heavy atom. The van der Waals surface area contributed by atoms with Gasteiger partial charge in [0, 0.05) is 24.2 Å². The number of aryl methyl sites for hydroxylation is 1. The molecule has 0 aliphatic heterocycles. The number of hydrogen-bond acceptors (Lipinski definition) is 6. The van der Waals surface area contributed by atoms with E-state index < -0.39 is 18.5 Å². The van der Waals surface area contributed by atoms with Crippen molar-refractivity contribution < 1.29 is 28.6 Å². The van der Waals surface area contributed by atoms with E-state index in [2.05, 4.69) is 10.6 Å². The van der Waals surface area contributed by atoms with E-state index in [1.165, 1.54) is 0 Å². The number of rotatable bonds is 12. The predicted molar refractivity (Wildman–Crippen MR) is 153 cm³/mol. The van der Waals surface area contributed by atoms with Crippen LogP contribution in [-0.4, -0.2) is 24.4 Å². The summed E-state index contributed by atoms with van der Waals surface area (Å²) in [7, 11) is 0. The maximum absolute atomic E-state index is 12.2. The van der Waals surface area contributed by atoms with Crippen LogP contribution in [0.5, 0.6) is 23.0 Å². The van der Waals surface area contributed by atoms with Crippen LogP contribution >= 0.6 is 0 Å². The lowest BCUT2D eigenvalue weighted by atomic mass is 10.2. The average Bonchev–Trinajstić information content (AvgIpc) is 2.95. The van der Waals surface area contributed by atoms with Gasteiger partial charge in [-0.2, -0.15) is 0 Å². The van der Waals surface area contributed by atoms with Crippen LogP contribution in [0.15, 0.2) is 103 Å². The van der Waals surface area contributed by atoms with Crippen molar-refractivity contribution in [3.05, 3.63) is 109 Å². The third-order valence-corrected chi connectivity index (χ3v) is 5.63. The predicted octanol–water partition coefficient (Wildman–Crippen LogP) is 6.87. The first-order chi connectivity index (χ1) is 19.4. The van der Waals surface area contributed by atoms with Gasteiger partial charge in [-0.25, -0.2) is 0 Å². The first-order valence-electron chi connectivity index (χ1n) is 12.9. The van der Waals surface area contributed by atoms with Gasteiger partial charge in [-0.3, -0.25) is 14.4 Å². The number of ether oxygens (including phenoxy) is 3. The molecule has 0 saturated heterocycles. The number of para-hydroxylation sites is 1. The van der Waals surface area contributed by atoms with Gasteiger partial charge in [0.05, 0.1) is 0 Å². The summed E-state index contributed by atoms with van der Waals surface area (Å²) in [6.45, 7) is 1.58. The fraction of sp³-hybridized carbons (Fsp3) is 0.156. The Morgan fingerprint density at radius 3 is 1.77 bits per heavy atom. The fourth-order valence-corrected chi connectivity index (χ4v) is 3.68.